The largest absolute Gasteiger partial charge is 0.367 e. The van der Waals surface area contributed by atoms with Gasteiger partial charge in [0.05, 0.1) is 12.2 Å². The molecule has 0 spiro atoms. The van der Waals surface area contributed by atoms with E-state index in [0.29, 0.717) is 6.61 Å². The lowest BCUT2D eigenvalue weighted by molar-refractivity contribution is -0.0116. The lowest BCUT2D eigenvalue weighted by atomic mass is 9.99. The van der Waals surface area contributed by atoms with Gasteiger partial charge >= 0.3 is 0 Å². The van der Waals surface area contributed by atoms with Gasteiger partial charge in [-0.1, -0.05) is 48.1 Å². The van der Waals surface area contributed by atoms with Crippen molar-refractivity contribution in [3.63, 3.8) is 0 Å². The van der Waals surface area contributed by atoms with Crippen LogP contribution in [0.5, 0.6) is 0 Å². The smallest absolute Gasteiger partial charge is 0.0839 e. The summed E-state index contributed by atoms with van der Waals surface area (Å²) in [5.74, 6) is 0. The summed E-state index contributed by atoms with van der Waals surface area (Å²) in [6.07, 6.45) is 6.15. The molecule has 1 heteroatoms. The third-order valence-electron chi connectivity index (χ3n) is 3.04. The number of hydrogen-bond donors (Lipinski definition) is 0. The van der Waals surface area contributed by atoms with Gasteiger partial charge in [-0.15, -0.1) is 6.58 Å². The molecule has 0 fully saturated rings. The van der Waals surface area contributed by atoms with Gasteiger partial charge in [-0.25, -0.2) is 0 Å². The minimum atomic E-state index is -0.248. The molecule has 1 nitrogen and oxygen atoms in total. The van der Waals surface area contributed by atoms with E-state index >= 15 is 0 Å². The van der Waals surface area contributed by atoms with Crippen molar-refractivity contribution < 1.29 is 4.74 Å². The highest BCUT2D eigenvalue weighted by atomic mass is 16.5. The van der Waals surface area contributed by atoms with Crippen LogP contribution in [0.2, 0.25) is 0 Å². The molecule has 0 bridgehead atoms. The van der Waals surface area contributed by atoms with Gasteiger partial charge in [0.25, 0.3) is 0 Å². The molecule has 0 aliphatic rings. The molecule has 0 heterocycles. The predicted octanol–water partition coefficient (Wildman–Crippen LogP) is 4.89. The van der Waals surface area contributed by atoms with Gasteiger partial charge in [-0.05, 0) is 39.2 Å². The third kappa shape index (κ3) is 5.33. The van der Waals surface area contributed by atoms with Gasteiger partial charge in [0.15, 0.2) is 0 Å². The van der Waals surface area contributed by atoms with Crippen molar-refractivity contribution >= 4 is 0 Å². The quantitative estimate of drug-likeness (QED) is 0.620. The van der Waals surface area contributed by atoms with Gasteiger partial charge in [-0.2, -0.15) is 0 Å². The average molecular weight is 244 g/mol. The molecule has 0 aliphatic heterocycles. The van der Waals surface area contributed by atoms with Crippen molar-refractivity contribution in [2.24, 2.45) is 0 Å². The second-order valence-corrected chi connectivity index (χ2v) is 5.11. The van der Waals surface area contributed by atoms with Crippen LogP contribution >= 0.6 is 0 Å². The Hall–Kier alpha value is -1.34. The van der Waals surface area contributed by atoms with Crippen LogP contribution in [0.1, 0.15) is 39.2 Å². The Balaban J connectivity index is 2.49. The zero-order chi connectivity index (χ0) is 13.4. The highest BCUT2D eigenvalue weighted by molar-refractivity contribution is 5.14. The summed E-state index contributed by atoms with van der Waals surface area (Å²) < 4.78 is 6.00. The van der Waals surface area contributed by atoms with Gasteiger partial charge in [0, 0.05) is 0 Å². The maximum absolute atomic E-state index is 6.00. The number of benzene rings is 1. The van der Waals surface area contributed by atoms with Crippen LogP contribution in [0.25, 0.3) is 0 Å². The van der Waals surface area contributed by atoms with E-state index in [-0.39, 0.29) is 5.60 Å². The Kier molecular flexibility index (Phi) is 5.87. The molecule has 1 atom stereocenters. The molecule has 0 saturated heterocycles. The van der Waals surface area contributed by atoms with Crippen LogP contribution in [-0.4, -0.2) is 5.60 Å². The van der Waals surface area contributed by atoms with Crippen LogP contribution in [-0.2, 0) is 11.3 Å². The molecule has 0 amide bonds. The van der Waals surface area contributed by atoms with Crippen LogP contribution in [0.15, 0.2) is 54.6 Å². The van der Waals surface area contributed by atoms with E-state index < -0.39 is 0 Å². The summed E-state index contributed by atoms with van der Waals surface area (Å²) in [7, 11) is 0. The molecule has 0 N–H and O–H groups in total. The SMILES string of the molecule is C=CC(C)(CCC=C(C)C)OCc1ccccc1. The maximum atomic E-state index is 6.00. The summed E-state index contributed by atoms with van der Waals surface area (Å²) >= 11 is 0. The second kappa shape index (κ2) is 7.17. The summed E-state index contributed by atoms with van der Waals surface area (Å²) in [6.45, 7) is 10.9. The number of hydrogen-bond acceptors (Lipinski definition) is 1. The number of allylic oxidation sites excluding steroid dienone is 2. The Labute approximate surface area is 111 Å². The van der Waals surface area contributed by atoms with Crippen molar-refractivity contribution in [3.8, 4) is 0 Å². The maximum Gasteiger partial charge on any atom is 0.0839 e. The fourth-order valence-corrected chi connectivity index (χ4v) is 1.70. The van der Waals surface area contributed by atoms with Gasteiger partial charge in [-0.3, -0.25) is 0 Å². The Morgan fingerprint density at radius 2 is 1.94 bits per heavy atom. The van der Waals surface area contributed by atoms with Crippen molar-refractivity contribution in [2.75, 3.05) is 0 Å². The lowest BCUT2D eigenvalue weighted by Crippen LogP contribution is -2.25. The molecule has 1 aromatic carbocycles. The monoisotopic (exact) mass is 244 g/mol. The standard InChI is InChI=1S/C17H24O/c1-5-17(4,13-9-10-15(2)3)18-14-16-11-7-6-8-12-16/h5-8,10-12H,1,9,13-14H2,2-4H3. The second-order valence-electron chi connectivity index (χ2n) is 5.11. The highest BCUT2D eigenvalue weighted by Gasteiger charge is 2.19. The topological polar surface area (TPSA) is 9.23 Å². The Morgan fingerprint density at radius 3 is 2.50 bits per heavy atom. The molecule has 1 unspecified atom stereocenters. The molecular weight excluding hydrogens is 220 g/mol. The van der Waals surface area contributed by atoms with Crippen molar-refractivity contribution in [1.29, 1.82) is 0 Å². The minimum Gasteiger partial charge on any atom is -0.367 e. The Morgan fingerprint density at radius 1 is 1.28 bits per heavy atom. The van der Waals surface area contributed by atoms with Gasteiger partial charge in [0.1, 0.15) is 0 Å². The van der Waals surface area contributed by atoms with Gasteiger partial charge < -0.3 is 4.74 Å². The van der Waals surface area contributed by atoms with E-state index in [1.165, 1.54) is 11.1 Å². The normalized spacial score (nSPS) is 13.7. The molecule has 18 heavy (non-hydrogen) atoms. The van der Waals surface area contributed by atoms with E-state index in [2.05, 4.69) is 45.6 Å². The summed E-state index contributed by atoms with van der Waals surface area (Å²) in [5, 5.41) is 0. The van der Waals surface area contributed by atoms with Crippen LogP contribution in [0, 0.1) is 0 Å². The van der Waals surface area contributed by atoms with Crippen molar-refractivity contribution in [2.45, 2.75) is 45.8 Å². The highest BCUT2D eigenvalue weighted by Crippen LogP contribution is 2.21. The zero-order valence-electron chi connectivity index (χ0n) is 11.8. The molecule has 1 rings (SSSR count). The summed E-state index contributed by atoms with van der Waals surface area (Å²) in [5.41, 5.74) is 2.30. The first kappa shape index (κ1) is 14.7. The molecule has 0 aromatic heterocycles. The lowest BCUT2D eigenvalue weighted by Gasteiger charge is -2.26. The molecule has 0 radical (unpaired) electrons. The van der Waals surface area contributed by atoms with E-state index in [9.17, 15) is 0 Å². The van der Waals surface area contributed by atoms with Crippen molar-refractivity contribution in [3.05, 3.63) is 60.2 Å². The first-order valence-electron chi connectivity index (χ1n) is 6.50. The predicted molar refractivity (Wildman–Crippen MR) is 78.5 cm³/mol. The van der Waals surface area contributed by atoms with E-state index in [1.54, 1.807) is 0 Å². The minimum absolute atomic E-state index is 0.248. The molecule has 0 aliphatic carbocycles. The number of rotatable bonds is 7. The number of ether oxygens (including phenoxy) is 1. The van der Waals surface area contributed by atoms with Crippen LogP contribution in [0.4, 0.5) is 0 Å². The van der Waals surface area contributed by atoms with Gasteiger partial charge in [0.2, 0.25) is 0 Å². The molecular formula is C17H24O. The average Bonchev–Trinajstić information content (AvgIpc) is 2.37. The Bertz CT molecular complexity index is 387. The molecule has 0 saturated carbocycles. The third-order valence-corrected chi connectivity index (χ3v) is 3.04. The first-order chi connectivity index (χ1) is 8.56. The van der Waals surface area contributed by atoms with E-state index in [0.717, 1.165) is 12.8 Å². The summed E-state index contributed by atoms with van der Waals surface area (Å²) in [4.78, 5) is 0. The first-order valence-corrected chi connectivity index (χ1v) is 6.50. The molecule has 1 aromatic rings. The fraction of sp³-hybridized carbons (Fsp3) is 0.412. The van der Waals surface area contributed by atoms with Crippen molar-refractivity contribution in [1.82, 2.24) is 0 Å². The fourth-order valence-electron chi connectivity index (χ4n) is 1.70. The van der Waals surface area contributed by atoms with Crippen LogP contribution in [0.3, 0.4) is 0 Å². The van der Waals surface area contributed by atoms with Crippen LogP contribution < -0.4 is 0 Å². The van der Waals surface area contributed by atoms with E-state index in [1.807, 2.05) is 24.3 Å². The zero-order valence-corrected chi connectivity index (χ0v) is 11.8. The molecule has 98 valence electrons. The van der Waals surface area contributed by atoms with E-state index in [4.69, 9.17) is 4.74 Å². The summed E-state index contributed by atoms with van der Waals surface area (Å²) in [6, 6.07) is 10.3.